The largest absolute Gasteiger partial charge is 0.486 e. The molecule has 2 N–H and O–H groups in total. The third-order valence-electron chi connectivity index (χ3n) is 3.03. The molecule has 22 heavy (non-hydrogen) atoms. The lowest BCUT2D eigenvalue weighted by molar-refractivity contribution is 0.0975. The third kappa shape index (κ3) is 3.37. The lowest BCUT2D eigenvalue weighted by Crippen LogP contribution is -2.38. The maximum Gasteiger partial charge on any atom is 0.257 e. The second-order valence-corrected chi connectivity index (χ2v) is 4.98. The molecule has 6 nitrogen and oxygen atoms in total. The van der Waals surface area contributed by atoms with Crippen molar-refractivity contribution in [3.8, 4) is 11.5 Å². The van der Waals surface area contributed by atoms with Crippen LogP contribution in [0.2, 0.25) is 0 Å². The number of amides is 1. The Morgan fingerprint density at radius 2 is 2.00 bits per heavy atom. The Morgan fingerprint density at radius 3 is 2.77 bits per heavy atom. The van der Waals surface area contributed by atoms with E-state index < -0.39 is 0 Å². The van der Waals surface area contributed by atoms with E-state index in [4.69, 9.17) is 26.1 Å². The van der Waals surface area contributed by atoms with Gasteiger partial charge in [-0.2, -0.15) is 0 Å². The number of benzene rings is 1. The maximum atomic E-state index is 12.1. The van der Waals surface area contributed by atoms with Crippen LogP contribution in [0.1, 0.15) is 16.1 Å². The van der Waals surface area contributed by atoms with Crippen molar-refractivity contribution in [1.29, 1.82) is 0 Å². The molecule has 114 valence electrons. The van der Waals surface area contributed by atoms with E-state index in [1.807, 2.05) is 6.07 Å². The summed E-state index contributed by atoms with van der Waals surface area (Å²) in [5.74, 6) is 1.62. The Balaban J connectivity index is 1.58. The highest BCUT2D eigenvalue weighted by atomic mass is 32.1. The number of carbonyl (C=O) groups is 1. The van der Waals surface area contributed by atoms with Crippen LogP contribution in [-0.2, 0) is 6.54 Å². The van der Waals surface area contributed by atoms with Gasteiger partial charge in [0.1, 0.15) is 19.0 Å². The zero-order chi connectivity index (χ0) is 15.4. The third-order valence-corrected chi connectivity index (χ3v) is 3.28. The molecule has 1 aliphatic heterocycles. The first-order chi connectivity index (χ1) is 10.7. The Labute approximate surface area is 132 Å². The first-order valence-corrected chi connectivity index (χ1v) is 7.14. The maximum absolute atomic E-state index is 12.1. The molecule has 0 atom stereocenters. The number of fused-ring (bicyclic) bond motifs is 1. The molecule has 0 saturated heterocycles. The van der Waals surface area contributed by atoms with Gasteiger partial charge < -0.3 is 19.2 Å². The Bertz CT molecular complexity index is 685. The van der Waals surface area contributed by atoms with Gasteiger partial charge in [0, 0.05) is 5.56 Å². The van der Waals surface area contributed by atoms with Gasteiger partial charge >= 0.3 is 0 Å². The molecular formula is C15H14N2O4S. The summed E-state index contributed by atoms with van der Waals surface area (Å²) in [5, 5.41) is 5.74. The topological polar surface area (TPSA) is 72.7 Å². The summed E-state index contributed by atoms with van der Waals surface area (Å²) in [6.45, 7) is 1.40. The zero-order valence-corrected chi connectivity index (χ0v) is 12.4. The number of nitrogens with one attached hydrogen (secondary N) is 2. The fraction of sp³-hybridized carbons (Fsp3) is 0.200. The number of rotatable bonds is 3. The minimum Gasteiger partial charge on any atom is -0.486 e. The molecule has 0 unspecified atom stereocenters. The number of hydrogen-bond acceptors (Lipinski definition) is 5. The van der Waals surface area contributed by atoms with Crippen LogP contribution in [0.4, 0.5) is 0 Å². The van der Waals surface area contributed by atoms with Crippen molar-refractivity contribution in [1.82, 2.24) is 10.6 Å². The summed E-state index contributed by atoms with van der Waals surface area (Å²) in [4.78, 5) is 12.1. The van der Waals surface area contributed by atoms with E-state index in [1.54, 1.807) is 30.5 Å². The highest BCUT2D eigenvalue weighted by Crippen LogP contribution is 2.30. The SMILES string of the molecule is O=C(NC(=S)NCc1ccco1)c1ccc2c(c1)OCCO2. The fourth-order valence-corrected chi connectivity index (χ4v) is 2.15. The minimum atomic E-state index is -0.311. The molecule has 2 aromatic rings. The van der Waals surface area contributed by atoms with Gasteiger partial charge in [-0.05, 0) is 42.5 Å². The van der Waals surface area contributed by atoms with Gasteiger partial charge in [-0.15, -0.1) is 0 Å². The first-order valence-electron chi connectivity index (χ1n) is 6.73. The standard InChI is InChI=1S/C15H14N2O4S/c18-14(17-15(22)16-9-11-2-1-5-19-11)10-3-4-12-13(8-10)21-7-6-20-12/h1-5,8H,6-7,9H2,(H2,16,17,18,22). The van der Waals surface area contributed by atoms with Gasteiger partial charge in [-0.25, -0.2) is 0 Å². The summed E-state index contributed by atoms with van der Waals surface area (Å²) in [7, 11) is 0. The van der Waals surface area contributed by atoms with E-state index in [2.05, 4.69) is 10.6 Å². The lowest BCUT2D eigenvalue weighted by atomic mass is 10.2. The van der Waals surface area contributed by atoms with Crippen molar-refractivity contribution >= 4 is 23.2 Å². The van der Waals surface area contributed by atoms with E-state index in [-0.39, 0.29) is 11.0 Å². The zero-order valence-electron chi connectivity index (χ0n) is 11.6. The van der Waals surface area contributed by atoms with Gasteiger partial charge in [0.2, 0.25) is 0 Å². The predicted octanol–water partition coefficient (Wildman–Crippen LogP) is 1.86. The number of hydrogen-bond donors (Lipinski definition) is 2. The molecule has 0 aliphatic carbocycles. The number of carbonyl (C=O) groups excluding carboxylic acids is 1. The summed E-state index contributed by atoms with van der Waals surface area (Å²) in [6.07, 6.45) is 1.58. The summed E-state index contributed by atoms with van der Waals surface area (Å²) >= 11 is 5.08. The summed E-state index contributed by atoms with van der Waals surface area (Å²) in [5.41, 5.74) is 0.450. The van der Waals surface area contributed by atoms with Crippen LogP contribution >= 0.6 is 12.2 Å². The quantitative estimate of drug-likeness (QED) is 0.842. The number of ether oxygens (including phenoxy) is 2. The van der Waals surface area contributed by atoms with Crippen molar-refractivity contribution in [2.45, 2.75) is 6.54 Å². The molecule has 0 saturated carbocycles. The van der Waals surface area contributed by atoms with Gasteiger partial charge in [-0.3, -0.25) is 10.1 Å². The Kier molecular flexibility index (Phi) is 4.24. The van der Waals surface area contributed by atoms with E-state index in [1.165, 1.54) is 0 Å². The molecule has 0 radical (unpaired) electrons. The van der Waals surface area contributed by atoms with Crippen LogP contribution in [-0.4, -0.2) is 24.2 Å². The second kappa shape index (κ2) is 6.48. The second-order valence-electron chi connectivity index (χ2n) is 4.57. The van der Waals surface area contributed by atoms with E-state index in [0.717, 1.165) is 5.76 Å². The fourth-order valence-electron chi connectivity index (χ4n) is 1.98. The molecule has 7 heteroatoms. The molecule has 2 heterocycles. The van der Waals surface area contributed by atoms with Crippen LogP contribution in [0.5, 0.6) is 11.5 Å². The van der Waals surface area contributed by atoms with Crippen LogP contribution in [0.3, 0.4) is 0 Å². The van der Waals surface area contributed by atoms with Crippen molar-refractivity contribution in [2.75, 3.05) is 13.2 Å². The van der Waals surface area contributed by atoms with E-state index >= 15 is 0 Å². The van der Waals surface area contributed by atoms with Crippen LogP contribution in [0.25, 0.3) is 0 Å². The highest BCUT2D eigenvalue weighted by Gasteiger charge is 2.15. The highest BCUT2D eigenvalue weighted by molar-refractivity contribution is 7.80. The molecule has 1 amide bonds. The minimum absolute atomic E-state index is 0.233. The first kappa shape index (κ1) is 14.4. The average Bonchev–Trinajstić information content (AvgIpc) is 3.06. The van der Waals surface area contributed by atoms with Crippen molar-refractivity contribution in [3.63, 3.8) is 0 Å². The molecular weight excluding hydrogens is 304 g/mol. The number of thiocarbonyl (C=S) groups is 1. The van der Waals surface area contributed by atoms with Crippen molar-refractivity contribution < 1.29 is 18.7 Å². The monoisotopic (exact) mass is 318 g/mol. The van der Waals surface area contributed by atoms with Crippen LogP contribution in [0, 0.1) is 0 Å². The molecule has 0 bridgehead atoms. The molecule has 3 rings (SSSR count). The number of furan rings is 1. The Morgan fingerprint density at radius 1 is 1.18 bits per heavy atom. The molecule has 1 aromatic heterocycles. The summed E-state index contributed by atoms with van der Waals surface area (Å²) < 4.78 is 16.0. The van der Waals surface area contributed by atoms with Crippen molar-refractivity contribution in [3.05, 3.63) is 47.9 Å². The van der Waals surface area contributed by atoms with Gasteiger partial charge in [0.05, 0.1) is 12.8 Å². The van der Waals surface area contributed by atoms with Crippen LogP contribution < -0.4 is 20.1 Å². The predicted molar refractivity (Wildman–Crippen MR) is 83.0 cm³/mol. The smallest absolute Gasteiger partial charge is 0.257 e. The molecule has 0 fully saturated rings. The normalized spacial score (nSPS) is 12.5. The molecule has 0 spiro atoms. The van der Waals surface area contributed by atoms with Crippen molar-refractivity contribution in [2.24, 2.45) is 0 Å². The average molecular weight is 318 g/mol. The lowest BCUT2D eigenvalue weighted by Gasteiger charge is -2.18. The summed E-state index contributed by atoms with van der Waals surface area (Å²) in [6, 6.07) is 8.62. The molecule has 1 aromatic carbocycles. The van der Waals surface area contributed by atoms with Crippen LogP contribution in [0.15, 0.2) is 41.0 Å². The van der Waals surface area contributed by atoms with Gasteiger partial charge in [-0.1, -0.05) is 0 Å². The molecule has 1 aliphatic rings. The van der Waals surface area contributed by atoms with Gasteiger partial charge in [0.15, 0.2) is 16.6 Å². The van der Waals surface area contributed by atoms with E-state index in [0.29, 0.717) is 36.8 Å². The Hall–Kier alpha value is -2.54. The van der Waals surface area contributed by atoms with Gasteiger partial charge in [0.25, 0.3) is 5.91 Å². The van der Waals surface area contributed by atoms with E-state index in [9.17, 15) is 4.79 Å².